The number of aliphatic hydroxyl groups is 1. The Morgan fingerprint density at radius 2 is 1.94 bits per heavy atom. The van der Waals surface area contributed by atoms with Crippen LogP contribution < -0.4 is 14.5 Å². The van der Waals surface area contributed by atoms with E-state index in [-0.39, 0.29) is 34.6 Å². The number of thiocarbonyl (C=S) groups is 1. The zero-order chi connectivity index (χ0) is 26.4. The molecule has 1 saturated heterocycles. The van der Waals surface area contributed by atoms with Crippen LogP contribution in [-0.4, -0.2) is 44.8 Å². The molecule has 2 aromatic carbocycles. The fraction of sp³-hybridized carbons (Fsp3) is 0.292. The third-order valence-corrected chi connectivity index (χ3v) is 6.10. The van der Waals surface area contributed by atoms with Crippen molar-refractivity contribution in [2.24, 2.45) is 0 Å². The summed E-state index contributed by atoms with van der Waals surface area (Å²) in [6.07, 6.45) is -3.07. The van der Waals surface area contributed by atoms with E-state index in [9.17, 15) is 13.6 Å². The van der Waals surface area contributed by atoms with Gasteiger partial charge in [0, 0.05) is 11.4 Å². The Balaban J connectivity index is 1.86. The second kappa shape index (κ2) is 9.33. The second-order valence-corrected chi connectivity index (χ2v) is 8.85. The molecule has 36 heavy (non-hydrogen) atoms. The van der Waals surface area contributed by atoms with Gasteiger partial charge in [-0.05, 0) is 62.8 Å². The van der Waals surface area contributed by atoms with E-state index in [0.29, 0.717) is 16.9 Å². The highest BCUT2D eigenvalue weighted by Crippen LogP contribution is 2.40. The highest BCUT2D eigenvalue weighted by molar-refractivity contribution is 7.81. The van der Waals surface area contributed by atoms with Gasteiger partial charge in [-0.1, -0.05) is 6.07 Å². The van der Waals surface area contributed by atoms with Crippen molar-refractivity contribution in [1.82, 2.24) is 9.97 Å². The minimum atomic E-state index is -3.07. The van der Waals surface area contributed by atoms with Gasteiger partial charge in [0.15, 0.2) is 22.4 Å². The number of halogens is 3. The van der Waals surface area contributed by atoms with Gasteiger partial charge in [-0.15, -0.1) is 0 Å². The van der Waals surface area contributed by atoms with Crippen molar-refractivity contribution < 1.29 is 27.8 Å². The van der Waals surface area contributed by atoms with Crippen molar-refractivity contribution in [3.05, 3.63) is 59.0 Å². The van der Waals surface area contributed by atoms with Gasteiger partial charge in [0.05, 0.1) is 18.6 Å². The molecule has 1 amide bonds. The van der Waals surface area contributed by atoms with E-state index in [1.807, 2.05) is 0 Å². The van der Waals surface area contributed by atoms with Crippen molar-refractivity contribution in [2.75, 3.05) is 23.0 Å². The lowest BCUT2D eigenvalue weighted by Gasteiger charge is -2.29. The van der Waals surface area contributed by atoms with Crippen LogP contribution in [0.3, 0.4) is 0 Å². The molecule has 0 spiro atoms. The number of alkyl halides is 2. The molecule has 0 atom stereocenters. The standard InChI is InChI=1S/C24H20F3N5O3S/c1-12-9-13(5-6-17(12)28-4)31-22(34)24(2,3)32(23(31)36)14-10-15-18(16(25)11-14)29-20(19(26)27)30-21(15)35-8-7-33/h5-6,9-11,19,33H,7-8H2,1-3H3. The molecule has 4 rings (SSSR count). The van der Waals surface area contributed by atoms with Crippen LogP contribution in [0.4, 0.5) is 30.2 Å². The molecule has 1 N–H and O–H groups in total. The average Bonchev–Trinajstić information content (AvgIpc) is 3.00. The van der Waals surface area contributed by atoms with Gasteiger partial charge in [0.25, 0.3) is 12.3 Å². The maximum Gasteiger partial charge on any atom is 0.297 e. The molecular formula is C24H20F3N5O3S. The van der Waals surface area contributed by atoms with Crippen molar-refractivity contribution in [3.63, 3.8) is 0 Å². The lowest BCUT2D eigenvalue weighted by atomic mass is 10.0. The van der Waals surface area contributed by atoms with Gasteiger partial charge in [0.1, 0.15) is 17.7 Å². The fourth-order valence-electron chi connectivity index (χ4n) is 4.00. The van der Waals surface area contributed by atoms with Crippen molar-refractivity contribution in [2.45, 2.75) is 32.7 Å². The number of amides is 1. The van der Waals surface area contributed by atoms with E-state index in [1.54, 1.807) is 39.0 Å². The van der Waals surface area contributed by atoms with Crippen LogP contribution in [0.1, 0.15) is 31.7 Å². The van der Waals surface area contributed by atoms with E-state index in [4.69, 9.17) is 28.6 Å². The summed E-state index contributed by atoms with van der Waals surface area (Å²) in [5.41, 5.74) is 0.0467. The van der Waals surface area contributed by atoms with Crippen LogP contribution in [0, 0.1) is 19.3 Å². The van der Waals surface area contributed by atoms with Gasteiger partial charge in [-0.3, -0.25) is 9.69 Å². The molecule has 3 aromatic rings. The number of hydrogen-bond donors (Lipinski definition) is 1. The minimum absolute atomic E-state index is 0.0235. The quantitative estimate of drug-likeness (QED) is 0.371. The van der Waals surface area contributed by atoms with Crippen LogP contribution in [0.15, 0.2) is 30.3 Å². The first-order valence-corrected chi connectivity index (χ1v) is 11.1. The summed E-state index contributed by atoms with van der Waals surface area (Å²) in [4.78, 5) is 27.0. The lowest BCUT2D eigenvalue weighted by molar-refractivity contribution is -0.120. The van der Waals surface area contributed by atoms with E-state index in [1.165, 1.54) is 15.9 Å². The number of aliphatic hydroxyl groups excluding tert-OH is 1. The van der Waals surface area contributed by atoms with Gasteiger partial charge in [-0.2, -0.15) is 4.98 Å². The summed E-state index contributed by atoms with van der Waals surface area (Å²) in [6, 6.07) is 7.31. The molecule has 1 fully saturated rings. The maximum absolute atomic E-state index is 15.2. The lowest BCUT2D eigenvalue weighted by Crippen LogP contribution is -2.44. The molecule has 186 valence electrons. The second-order valence-electron chi connectivity index (χ2n) is 8.48. The highest BCUT2D eigenvalue weighted by Gasteiger charge is 2.50. The molecule has 8 nitrogen and oxygen atoms in total. The largest absolute Gasteiger partial charge is 0.475 e. The number of ether oxygens (including phenoxy) is 1. The van der Waals surface area contributed by atoms with Gasteiger partial charge >= 0.3 is 0 Å². The molecule has 0 bridgehead atoms. The minimum Gasteiger partial charge on any atom is -0.475 e. The van der Waals surface area contributed by atoms with E-state index in [2.05, 4.69) is 14.8 Å². The molecule has 0 unspecified atom stereocenters. The third kappa shape index (κ3) is 4.10. The van der Waals surface area contributed by atoms with Gasteiger partial charge in [0.2, 0.25) is 5.88 Å². The molecule has 12 heteroatoms. The predicted molar refractivity (Wildman–Crippen MR) is 131 cm³/mol. The number of anilines is 2. The predicted octanol–water partition coefficient (Wildman–Crippen LogP) is 4.85. The Kier molecular flexibility index (Phi) is 6.55. The first-order chi connectivity index (χ1) is 17.0. The Morgan fingerprint density at radius 1 is 1.22 bits per heavy atom. The number of aromatic nitrogens is 2. The highest BCUT2D eigenvalue weighted by atomic mass is 32.1. The van der Waals surface area contributed by atoms with Crippen molar-refractivity contribution >= 4 is 51.2 Å². The SMILES string of the molecule is [C-]#[N+]c1ccc(N2C(=O)C(C)(C)N(c3cc(F)c4nc(C(F)F)nc(OCCO)c4c3)C2=S)cc1C. The van der Waals surface area contributed by atoms with Gasteiger partial charge < -0.3 is 14.7 Å². The van der Waals surface area contributed by atoms with Crippen LogP contribution in [-0.2, 0) is 4.79 Å². The molecule has 0 radical (unpaired) electrons. The van der Waals surface area contributed by atoms with E-state index >= 15 is 4.39 Å². The van der Waals surface area contributed by atoms with Crippen LogP contribution in [0.2, 0.25) is 0 Å². The molecule has 1 aliphatic rings. The Morgan fingerprint density at radius 3 is 2.56 bits per heavy atom. The Bertz CT molecular complexity index is 1440. The monoisotopic (exact) mass is 515 g/mol. The number of carbonyl (C=O) groups excluding carboxylic acids is 1. The molecule has 1 aliphatic heterocycles. The van der Waals surface area contributed by atoms with E-state index < -0.39 is 35.7 Å². The topological polar surface area (TPSA) is 83.2 Å². The molecular weight excluding hydrogens is 495 g/mol. The van der Waals surface area contributed by atoms with Crippen molar-refractivity contribution in [3.8, 4) is 5.88 Å². The molecule has 0 aliphatic carbocycles. The number of fused-ring (bicyclic) bond motifs is 1. The Hall–Kier alpha value is -3.82. The molecule has 0 saturated carbocycles. The maximum atomic E-state index is 15.2. The fourth-order valence-corrected chi connectivity index (χ4v) is 4.53. The molecule has 1 aromatic heterocycles. The first-order valence-electron chi connectivity index (χ1n) is 10.7. The number of nitrogens with zero attached hydrogens (tertiary/aromatic N) is 5. The summed E-state index contributed by atoms with van der Waals surface area (Å²) in [5, 5.41) is 9.14. The van der Waals surface area contributed by atoms with Crippen molar-refractivity contribution in [1.29, 1.82) is 0 Å². The zero-order valence-corrected chi connectivity index (χ0v) is 20.2. The number of carbonyl (C=O) groups is 1. The van der Waals surface area contributed by atoms with Crippen LogP contribution in [0.5, 0.6) is 5.88 Å². The summed E-state index contributed by atoms with van der Waals surface area (Å²) in [7, 11) is 0. The number of hydrogen-bond acceptors (Lipinski definition) is 6. The number of rotatable bonds is 6. The number of benzene rings is 2. The molecule has 2 heterocycles. The third-order valence-electron chi connectivity index (χ3n) is 5.73. The Labute approximate surface area is 209 Å². The first kappa shape index (κ1) is 25.3. The summed E-state index contributed by atoms with van der Waals surface area (Å²) in [5.74, 6) is -2.58. The van der Waals surface area contributed by atoms with Crippen LogP contribution >= 0.6 is 12.2 Å². The normalized spacial score (nSPS) is 15.2. The van der Waals surface area contributed by atoms with Gasteiger partial charge in [-0.25, -0.2) is 23.0 Å². The number of aryl methyl sites for hydroxylation is 1. The average molecular weight is 516 g/mol. The summed E-state index contributed by atoms with van der Waals surface area (Å²) in [6.45, 7) is 11.5. The van der Waals surface area contributed by atoms with Crippen LogP contribution in [0.25, 0.3) is 15.7 Å². The smallest absolute Gasteiger partial charge is 0.297 e. The summed E-state index contributed by atoms with van der Waals surface area (Å²) >= 11 is 5.63. The summed E-state index contributed by atoms with van der Waals surface area (Å²) < 4.78 is 47.1. The zero-order valence-electron chi connectivity index (χ0n) is 19.4. The van der Waals surface area contributed by atoms with E-state index in [0.717, 1.165) is 6.07 Å².